The molecule has 0 radical (unpaired) electrons. The van der Waals surface area contributed by atoms with Crippen LogP contribution < -0.4 is 10.1 Å². The summed E-state index contributed by atoms with van der Waals surface area (Å²) in [6.07, 6.45) is 2.69. The van der Waals surface area contributed by atoms with Crippen molar-refractivity contribution in [2.24, 2.45) is 0 Å². The molecule has 1 unspecified atom stereocenters. The number of carbonyl (C=O) groups is 2. The molecular weight excluding hydrogens is 328 g/mol. The van der Waals surface area contributed by atoms with E-state index >= 15 is 0 Å². The lowest BCUT2D eigenvalue weighted by molar-refractivity contribution is -0.131. The summed E-state index contributed by atoms with van der Waals surface area (Å²) in [5.74, 6) is 0.838. The third kappa shape index (κ3) is 6.04. The van der Waals surface area contributed by atoms with Crippen molar-refractivity contribution in [3.63, 3.8) is 0 Å². The number of carbonyl (C=O) groups excluding carboxylic acids is 2. The van der Waals surface area contributed by atoms with Crippen LogP contribution in [0.3, 0.4) is 0 Å². The first-order chi connectivity index (χ1) is 11.6. The third-order valence-corrected chi connectivity index (χ3v) is 4.26. The van der Waals surface area contributed by atoms with Gasteiger partial charge in [-0.15, -0.1) is 11.6 Å². The highest BCUT2D eigenvalue weighted by molar-refractivity contribution is 6.30. The Morgan fingerprint density at radius 2 is 1.96 bits per heavy atom. The van der Waals surface area contributed by atoms with Gasteiger partial charge in [-0.2, -0.15) is 0 Å². The molecule has 2 amide bonds. The molecule has 2 rings (SSSR count). The molecule has 1 aliphatic rings. The first kappa shape index (κ1) is 18.6. The van der Waals surface area contributed by atoms with E-state index in [9.17, 15) is 9.59 Å². The zero-order valence-electron chi connectivity index (χ0n) is 14.0. The molecule has 1 aliphatic heterocycles. The van der Waals surface area contributed by atoms with Gasteiger partial charge in [0.25, 0.3) is 0 Å². The second-order valence-corrected chi connectivity index (χ2v) is 6.70. The number of ether oxygens (including phenoxy) is 1. The summed E-state index contributed by atoms with van der Waals surface area (Å²) in [7, 11) is 0. The highest BCUT2D eigenvalue weighted by Crippen LogP contribution is 2.13. The van der Waals surface area contributed by atoms with Crippen LogP contribution in [0.2, 0.25) is 0 Å². The van der Waals surface area contributed by atoms with E-state index in [4.69, 9.17) is 16.3 Å². The number of alkyl halides is 1. The highest BCUT2D eigenvalue weighted by Gasteiger charge is 2.25. The molecule has 1 N–H and O–H groups in total. The van der Waals surface area contributed by atoms with Crippen molar-refractivity contribution in [3.05, 3.63) is 30.3 Å². The first-order valence-corrected chi connectivity index (χ1v) is 8.90. The summed E-state index contributed by atoms with van der Waals surface area (Å²) in [6.45, 7) is 3.52. The number of para-hydroxylation sites is 1. The number of likely N-dealkylation sites (tertiary alicyclic amines) is 1. The van der Waals surface area contributed by atoms with Gasteiger partial charge in [0, 0.05) is 25.6 Å². The van der Waals surface area contributed by atoms with Crippen LogP contribution in [0.5, 0.6) is 5.75 Å². The monoisotopic (exact) mass is 352 g/mol. The molecule has 1 atom stereocenters. The van der Waals surface area contributed by atoms with Crippen LogP contribution in [0.4, 0.5) is 0 Å². The van der Waals surface area contributed by atoms with Gasteiger partial charge >= 0.3 is 0 Å². The minimum Gasteiger partial charge on any atom is -0.494 e. The molecule has 132 valence electrons. The topological polar surface area (TPSA) is 58.6 Å². The smallest absolute Gasteiger partial charge is 0.240 e. The fraction of sp³-hybridized carbons (Fsp3) is 0.556. The van der Waals surface area contributed by atoms with Crippen molar-refractivity contribution in [1.29, 1.82) is 0 Å². The maximum absolute atomic E-state index is 12.0. The molecule has 1 fully saturated rings. The van der Waals surface area contributed by atoms with Crippen molar-refractivity contribution < 1.29 is 14.3 Å². The van der Waals surface area contributed by atoms with E-state index in [0.717, 1.165) is 18.6 Å². The fourth-order valence-corrected chi connectivity index (χ4v) is 2.87. The predicted octanol–water partition coefficient (Wildman–Crippen LogP) is 2.58. The number of nitrogens with one attached hydrogen (secondary N) is 1. The van der Waals surface area contributed by atoms with Gasteiger partial charge in [0.05, 0.1) is 6.61 Å². The molecule has 6 heteroatoms. The van der Waals surface area contributed by atoms with Crippen molar-refractivity contribution in [3.8, 4) is 5.75 Å². The van der Waals surface area contributed by atoms with Gasteiger partial charge in [0.15, 0.2) is 0 Å². The van der Waals surface area contributed by atoms with E-state index in [1.165, 1.54) is 0 Å². The number of amides is 2. The molecule has 0 saturated carbocycles. The lowest BCUT2D eigenvalue weighted by Gasteiger charge is -2.33. The fourth-order valence-electron chi connectivity index (χ4n) is 2.74. The van der Waals surface area contributed by atoms with E-state index in [1.807, 2.05) is 30.3 Å². The molecule has 1 heterocycles. The Hall–Kier alpha value is -1.75. The van der Waals surface area contributed by atoms with Gasteiger partial charge in [-0.3, -0.25) is 9.59 Å². The van der Waals surface area contributed by atoms with Gasteiger partial charge in [-0.25, -0.2) is 0 Å². The average Bonchev–Trinajstić information content (AvgIpc) is 2.59. The van der Waals surface area contributed by atoms with Crippen LogP contribution in [-0.4, -0.2) is 47.8 Å². The van der Waals surface area contributed by atoms with Gasteiger partial charge in [0.1, 0.15) is 11.1 Å². The zero-order chi connectivity index (χ0) is 17.4. The van der Waals surface area contributed by atoms with Crippen LogP contribution in [-0.2, 0) is 9.59 Å². The van der Waals surface area contributed by atoms with Crippen molar-refractivity contribution in [2.45, 2.75) is 44.0 Å². The van der Waals surface area contributed by atoms with Crippen LogP contribution >= 0.6 is 11.6 Å². The minimum absolute atomic E-state index is 0.0282. The summed E-state index contributed by atoms with van der Waals surface area (Å²) >= 11 is 5.82. The molecule has 0 bridgehead atoms. The Bertz CT molecular complexity index is 528. The SMILES string of the molecule is CC(Cl)C(=O)N1CCC(NC(=O)CCCOc2ccccc2)CC1. The van der Waals surface area contributed by atoms with Crippen molar-refractivity contribution in [2.75, 3.05) is 19.7 Å². The molecule has 5 nitrogen and oxygen atoms in total. The maximum atomic E-state index is 12.0. The molecule has 1 aromatic carbocycles. The summed E-state index contributed by atoms with van der Waals surface area (Å²) in [4.78, 5) is 25.6. The van der Waals surface area contributed by atoms with Gasteiger partial charge < -0.3 is 15.0 Å². The second kappa shape index (κ2) is 9.52. The second-order valence-electron chi connectivity index (χ2n) is 6.05. The number of benzene rings is 1. The van der Waals surface area contributed by atoms with Crippen molar-refractivity contribution >= 4 is 23.4 Å². The molecular formula is C18H25ClN2O3. The number of nitrogens with zero attached hydrogens (tertiary/aromatic N) is 1. The molecule has 0 spiro atoms. The van der Waals surface area contributed by atoms with E-state index in [1.54, 1.807) is 11.8 Å². The van der Waals surface area contributed by atoms with Crippen LogP contribution in [0, 0.1) is 0 Å². The zero-order valence-corrected chi connectivity index (χ0v) is 14.8. The number of hydrogen-bond donors (Lipinski definition) is 1. The lowest BCUT2D eigenvalue weighted by atomic mass is 10.0. The Balaban J connectivity index is 1.59. The quantitative estimate of drug-likeness (QED) is 0.606. The Kier molecular flexibility index (Phi) is 7.37. The summed E-state index contributed by atoms with van der Waals surface area (Å²) in [5, 5.41) is 2.56. The Morgan fingerprint density at radius 1 is 1.29 bits per heavy atom. The Morgan fingerprint density at radius 3 is 2.58 bits per heavy atom. The predicted molar refractivity (Wildman–Crippen MR) is 94.2 cm³/mol. The van der Waals surface area contributed by atoms with E-state index < -0.39 is 5.38 Å². The molecule has 1 aromatic rings. The molecule has 0 aromatic heterocycles. The Labute approximate surface area is 148 Å². The summed E-state index contributed by atoms with van der Waals surface area (Å²) in [5.41, 5.74) is 0. The standard InChI is InChI=1S/C18H25ClN2O3/c1-14(19)18(23)21-11-9-15(10-12-21)20-17(22)8-5-13-24-16-6-3-2-4-7-16/h2-4,6-7,14-15H,5,8-13H2,1H3,(H,20,22). The van der Waals surface area contributed by atoms with Crippen LogP contribution in [0.25, 0.3) is 0 Å². The summed E-state index contributed by atoms with van der Waals surface area (Å²) in [6, 6.07) is 9.72. The number of hydrogen-bond acceptors (Lipinski definition) is 3. The number of piperidine rings is 1. The van der Waals surface area contributed by atoms with E-state index in [0.29, 0.717) is 32.5 Å². The largest absolute Gasteiger partial charge is 0.494 e. The van der Waals surface area contributed by atoms with Gasteiger partial charge in [-0.05, 0) is 38.3 Å². The van der Waals surface area contributed by atoms with Gasteiger partial charge in [-0.1, -0.05) is 18.2 Å². The third-order valence-electron chi connectivity index (χ3n) is 4.07. The van der Waals surface area contributed by atoms with Crippen LogP contribution in [0.15, 0.2) is 30.3 Å². The number of halogens is 1. The number of rotatable bonds is 7. The normalized spacial score (nSPS) is 16.5. The molecule has 24 heavy (non-hydrogen) atoms. The lowest BCUT2D eigenvalue weighted by Crippen LogP contribution is -2.48. The maximum Gasteiger partial charge on any atom is 0.240 e. The highest BCUT2D eigenvalue weighted by atomic mass is 35.5. The summed E-state index contributed by atoms with van der Waals surface area (Å²) < 4.78 is 5.57. The van der Waals surface area contributed by atoms with Crippen LogP contribution in [0.1, 0.15) is 32.6 Å². The van der Waals surface area contributed by atoms with Gasteiger partial charge in [0.2, 0.25) is 11.8 Å². The molecule has 1 saturated heterocycles. The van der Waals surface area contributed by atoms with Crippen molar-refractivity contribution in [1.82, 2.24) is 10.2 Å². The van der Waals surface area contributed by atoms with E-state index in [-0.39, 0.29) is 17.9 Å². The average molecular weight is 353 g/mol. The molecule has 0 aliphatic carbocycles. The minimum atomic E-state index is -0.485. The van der Waals surface area contributed by atoms with E-state index in [2.05, 4.69) is 5.32 Å². The first-order valence-electron chi connectivity index (χ1n) is 8.46.